The third-order valence-electron chi connectivity index (χ3n) is 6.09. The van der Waals surface area contributed by atoms with Gasteiger partial charge in [-0.2, -0.15) is 0 Å². The Hall–Kier alpha value is -2.92. The molecule has 2 aromatic carbocycles. The monoisotopic (exact) mass is 373 g/mol. The van der Waals surface area contributed by atoms with Crippen molar-refractivity contribution in [1.82, 2.24) is 9.47 Å². The summed E-state index contributed by atoms with van der Waals surface area (Å²) in [4.78, 5) is 29.3. The highest BCUT2D eigenvalue weighted by Crippen LogP contribution is 2.34. The molecule has 3 heterocycles. The summed E-state index contributed by atoms with van der Waals surface area (Å²) < 4.78 is 2.35. The van der Waals surface area contributed by atoms with Crippen LogP contribution in [0.3, 0.4) is 0 Å². The highest BCUT2D eigenvalue weighted by atomic mass is 16.2. The number of benzene rings is 2. The fourth-order valence-electron chi connectivity index (χ4n) is 4.79. The first kappa shape index (κ1) is 17.2. The minimum absolute atomic E-state index is 0.0983. The van der Waals surface area contributed by atoms with Crippen LogP contribution in [0.4, 0.5) is 5.69 Å². The lowest BCUT2D eigenvalue weighted by Crippen LogP contribution is -2.44. The lowest BCUT2D eigenvalue weighted by molar-refractivity contribution is -0.123. The lowest BCUT2D eigenvalue weighted by Gasteiger charge is -2.32. The van der Waals surface area contributed by atoms with Crippen molar-refractivity contribution >= 4 is 28.4 Å². The molecule has 0 spiro atoms. The molecule has 1 aromatic heterocycles. The Balaban J connectivity index is 1.47. The zero-order chi connectivity index (χ0) is 19.3. The molecule has 2 aliphatic rings. The molecule has 0 unspecified atom stereocenters. The van der Waals surface area contributed by atoms with Gasteiger partial charge in [-0.15, -0.1) is 0 Å². The number of imide groups is 1. The Bertz CT molecular complexity index is 1040. The fourth-order valence-corrected chi connectivity index (χ4v) is 4.79. The summed E-state index contributed by atoms with van der Waals surface area (Å²) in [5, 5.41) is 1.32. The van der Waals surface area contributed by atoms with Gasteiger partial charge in [0.05, 0.1) is 18.2 Å². The van der Waals surface area contributed by atoms with Crippen LogP contribution in [0.2, 0.25) is 0 Å². The van der Waals surface area contributed by atoms with E-state index in [9.17, 15) is 9.59 Å². The topological polar surface area (TPSA) is 45.6 Å². The van der Waals surface area contributed by atoms with Crippen LogP contribution in [0.5, 0.6) is 0 Å². The number of fused-ring (bicyclic) bond motifs is 3. The Labute approximate surface area is 164 Å². The van der Waals surface area contributed by atoms with Crippen LogP contribution >= 0.6 is 0 Å². The number of anilines is 1. The number of nitrogens with zero attached hydrogens (tertiary/aromatic N) is 3. The molecule has 5 heteroatoms. The molecule has 0 N–H and O–H groups in total. The van der Waals surface area contributed by atoms with Crippen LogP contribution in [0.25, 0.3) is 10.9 Å². The summed E-state index contributed by atoms with van der Waals surface area (Å²) >= 11 is 0. The number of carbonyl (C=O) groups excluding carboxylic acids is 2. The van der Waals surface area contributed by atoms with Crippen LogP contribution in [0.1, 0.15) is 24.6 Å². The van der Waals surface area contributed by atoms with E-state index >= 15 is 0 Å². The molecule has 1 saturated heterocycles. The van der Waals surface area contributed by atoms with Crippen molar-refractivity contribution in [2.45, 2.75) is 38.9 Å². The third-order valence-corrected chi connectivity index (χ3v) is 6.09. The summed E-state index contributed by atoms with van der Waals surface area (Å²) in [6.45, 7) is 4.58. The second kappa shape index (κ2) is 6.60. The van der Waals surface area contributed by atoms with Crippen molar-refractivity contribution in [1.29, 1.82) is 0 Å². The van der Waals surface area contributed by atoms with Crippen LogP contribution < -0.4 is 4.90 Å². The molecule has 1 fully saturated rings. The SMILES string of the molecule is CCn1c2c(c3ccccc31)CCN([C@H]1CC(=O)N(c3ccccc3)C1=O)C2. The van der Waals surface area contributed by atoms with Gasteiger partial charge < -0.3 is 4.57 Å². The number of aromatic nitrogens is 1. The second-order valence-electron chi connectivity index (χ2n) is 7.53. The number of aryl methyl sites for hydroxylation is 1. The quantitative estimate of drug-likeness (QED) is 0.662. The second-order valence-corrected chi connectivity index (χ2v) is 7.53. The lowest BCUT2D eigenvalue weighted by atomic mass is 10.0. The maximum Gasteiger partial charge on any atom is 0.251 e. The predicted molar refractivity (Wildman–Crippen MR) is 109 cm³/mol. The largest absolute Gasteiger partial charge is 0.343 e. The average Bonchev–Trinajstić information content (AvgIpc) is 3.21. The molecule has 0 saturated carbocycles. The summed E-state index contributed by atoms with van der Waals surface area (Å²) in [6.07, 6.45) is 1.17. The number of para-hydroxylation sites is 2. The number of carbonyl (C=O) groups is 2. The van der Waals surface area contributed by atoms with Crippen molar-refractivity contribution in [3.8, 4) is 0 Å². The van der Waals surface area contributed by atoms with E-state index in [1.807, 2.05) is 30.3 Å². The van der Waals surface area contributed by atoms with E-state index in [-0.39, 0.29) is 24.3 Å². The molecule has 3 aromatic rings. The molecular weight excluding hydrogens is 350 g/mol. The maximum atomic E-state index is 13.1. The van der Waals surface area contributed by atoms with E-state index in [1.54, 1.807) is 0 Å². The predicted octanol–water partition coefficient (Wildman–Crippen LogP) is 3.35. The summed E-state index contributed by atoms with van der Waals surface area (Å²) in [5.41, 5.74) is 4.61. The molecule has 2 amide bonds. The molecule has 5 rings (SSSR count). The first-order valence-electron chi connectivity index (χ1n) is 9.94. The van der Waals surface area contributed by atoms with Gasteiger partial charge in [0, 0.05) is 36.2 Å². The summed E-state index contributed by atoms with van der Waals surface area (Å²) in [6, 6.07) is 17.4. The normalized spacial score (nSPS) is 20.2. The summed E-state index contributed by atoms with van der Waals surface area (Å²) in [5.74, 6) is -0.207. The van der Waals surface area contributed by atoms with Gasteiger partial charge in [0.1, 0.15) is 0 Å². The average molecular weight is 373 g/mol. The van der Waals surface area contributed by atoms with Gasteiger partial charge in [-0.25, -0.2) is 4.90 Å². The van der Waals surface area contributed by atoms with Gasteiger partial charge in [0.25, 0.3) is 5.91 Å². The number of hydrogen-bond donors (Lipinski definition) is 0. The molecule has 0 bridgehead atoms. The van der Waals surface area contributed by atoms with Crippen LogP contribution in [0.15, 0.2) is 54.6 Å². The molecular formula is C23H23N3O2. The van der Waals surface area contributed by atoms with Crippen LogP contribution in [0, 0.1) is 0 Å². The molecule has 142 valence electrons. The van der Waals surface area contributed by atoms with Gasteiger partial charge in [-0.05, 0) is 37.1 Å². The van der Waals surface area contributed by atoms with E-state index in [0.717, 1.165) is 19.5 Å². The Morgan fingerprint density at radius 3 is 2.54 bits per heavy atom. The molecule has 2 aliphatic heterocycles. The Kier molecular flexibility index (Phi) is 4.05. The van der Waals surface area contributed by atoms with Gasteiger partial charge in [-0.1, -0.05) is 36.4 Å². The van der Waals surface area contributed by atoms with Crippen molar-refractivity contribution < 1.29 is 9.59 Å². The first-order chi connectivity index (χ1) is 13.7. The molecule has 28 heavy (non-hydrogen) atoms. The van der Waals surface area contributed by atoms with Gasteiger partial charge in [-0.3, -0.25) is 14.5 Å². The number of rotatable bonds is 3. The minimum Gasteiger partial charge on any atom is -0.343 e. The van der Waals surface area contributed by atoms with Crippen LogP contribution in [-0.2, 0) is 29.1 Å². The van der Waals surface area contributed by atoms with Crippen molar-refractivity contribution in [3.05, 3.63) is 65.9 Å². The van der Waals surface area contributed by atoms with E-state index in [2.05, 4.69) is 40.7 Å². The van der Waals surface area contributed by atoms with Crippen molar-refractivity contribution in [3.63, 3.8) is 0 Å². The zero-order valence-corrected chi connectivity index (χ0v) is 16.0. The highest BCUT2D eigenvalue weighted by molar-refractivity contribution is 6.22. The zero-order valence-electron chi connectivity index (χ0n) is 16.0. The van der Waals surface area contributed by atoms with Gasteiger partial charge >= 0.3 is 0 Å². The standard InChI is InChI=1S/C23H23N3O2/c1-2-25-19-11-7-6-10-17(19)18-12-13-24(15-21(18)25)20-14-22(27)26(23(20)28)16-8-4-3-5-9-16/h3-11,20H,2,12-15H2,1H3/t20-/m0/s1. The maximum absolute atomic E-state index is 13.1. The Morgan fingerprint density at radius 2 is 1.75 bits per heavy atom. The number of amides is 2. The smallest absolute Gasteiger partial charge is 0.251 e. The number of hydrogen-bond acceptors (Lipinski definition) is 3. The van der Waals surface area contributed by atoms with Crippen molar-refractivity contribution in [2.24, 2.45) is 0 Å². The highest BCUT2D eigenvalue weighted by Gasteiger charge is 2.43. The molecule has 0 aliphatic carbocycles. The van der Waals surface area contributed by atoms with Crippen molar-refractivity contribution in [2.75, 3.05) is 11.4 Å². The van der Waals surface area contributed by atoms with E-state index in [0.29, 0.717) is 12.2 Å². The minimum atomic E-state index is -0.371. The fraction of sp³-hybridized carbons (Fsp3) is 0.304. The molecule has 5 nitrogen and oxygen atoms in total. The molecule has 1 atom stereocenters. The van der Waals surface area contributed by atoms with E-state index in [4.69, 9.17) is 0 Å². The molecule has 0 radical (unpaired) electrons. The first-order valence-corrected chi connectivity index (χ1v) is 9.94. The van der Waals surface area contributed by atoms with Gasteiger partial charge in [0.15, 0.2) is 0 Å². The van der Waals surface area contributed by atoms with E-state index in [1.165, 1.54) is 27.1 Å². The van der Waals surface area contributed by atoms with Gasteiger partial charge in [0.2, 0.25) is 5.91 Å². The summed E-state index contributed by atoms with van der Waals surface area (Å²) in [7, 11) is 0. The van der Waals surface area contributed by atoms with E-state index < -0.39 is 0 Å². The van der Waals surface area contributed by atoms with Crippen LogP contribution in [-0.4, -0.2) is 33.9 Å². The third kappa shape index (κ3) is 2.50. The Morgan fingerprint density at radius 1 is 1.00 bits per heavy atom.